The smallest absolute Gasteiger partial charge is 0.167 e. The van der Waals surface area contributed by atoms with Gasteiger partial charge in [0, 0.05) is 11.6 Å². The highest BCUT2D eigenvalue weighted by Crippen LogP contribution is 2.31. The largest absolute Gasteiger partial charge is 0.454 e. The molecule has 2 nitrogen and oxygen atoms in total. The summed E-state index contributed by atoms with van der Waals surface area (Å²) in [6.07, 6.45) is 0.911. The van der Waals surface area contributed by atoms with Crippen LogP contribution in [0, 0.1) is 5.82 Å². The van der Waals surface area contributed by atoms with Crippen LogP contribution in [0.25, 0.3) is 0 Å². The van der Waals surface area contributed by atoms with Crippen molar-refractivity contribution in [1.29, 1.82) is 0 Å². The predicted molar refractivity (Wildman–Crippen MR) is 74.9 cm³/mol. The van der Waals surface area contributed by atoms with Crippen molar-refractivity contribution < 1.29 is 9.13 Å². The second-order valence-corrected chi connectivity index (χ2v) is 4.55. The zero-order chi connectivity index (χ0) is 13.8. The minimum atomic E-state index is -0.392. The highest BCUT2D eigenvalue weighted by molar-refractivity contribution is 5.41. The highest BCUT2D eigenvalue weighted by Gasteiger charge is 2.13. The lowest BCUT2D eigenvalue weighted by atomic mass is 10.1. The normalized spacial score (nSPS) is 12.2. The van der Waals surface area contributed by atoms with E-state index in [1.54, 1.807) is 12.1 Å². The maximum Gasteiger partial charge on any atom is 0.167 e. The Kier molecular flexibility index (Phi) is 4.17. The topological polar surface area (TPSA) is 35.2 Å². The molecule has 0 saturated carbocycles. The monoisotopic (exact) mass is 259 g/mol. The van der Waals surface area contributed by atoms with E-state index >= 15 is 0 Å². The first kappa shape index (κ1) is 13.6. The zero-order valence-electron chi connectivity index (χ0n) is 11.2. The maximum atomic E-state index is 13.9. The summed E-state index contributed by atoms with van der Waals surface area (Å²) < 4.78 is 19.6. The van der Waals surface area contributed by atoms with E-state index in [1.165, 1.54) is 6.07 Å². The standard InChI is InChI=1S/C16H18FNO/c1-3-12-6-4-7-13(10-12)19-16-14(11(2)18)8-5-9-15(16)17/h4-11H,3,18H2,1-2H3/t11-/m0/s1. The van der Waals surface area contributed by atoms with Crippen LogP contribution in [0.15, 0.2) is 42.5 Å². The molecule has 1 atom stereocenters. The van der Waals surface area contributed by atoms with Gasteiger partial charge in [-0.25, -0.2) is 4.39 Å². The third kappa shape index (κ3) is 3.12. The number of halogens is 1. The van der Waals surface area contributed by atoms with Gasteiger partial charge in [-0.05, 0) is 37.1 Å². The SMILES string of the molecule is CCc1cccc(Oc2c(F)cccc2[C@H](C)N)c1. The third-order valence-electron chi connectivity index (χ3n) is 3.01. The van der Waals surface area contributed by atoms with Gasteiger partial charge in [-0.1, -0.05) is 31.2 Å². The van der Waals surface area contributed by atoms with E-state index in [2.05, 4.69) is 6.92 Å². The molecule has 0 fully saturated rings. The van der Waals surface area contributed by atoms with Crippen LogP contribution in [0.3, 0.4) is 0 Å². The number of hydrogen-bond donors (Lipinski definition) is 1. The van der Waals surface area contributed by atoms with Crippen LogP contribution in [0.2, 0.25) is 0 Å². The molecule has 2 aromatic carbocycles. The van der Waals surface area contributed by atoms with Gasteiger partial charge in [0.1, 0.15) is 5.75 Å². The summed E-state index contributed by atoms with van der Waals surface area (Å²) in [7, 11) is 0. The minimum absolute atomic E-state index is 0.214. The fourth-order valence-electron chi connectivity index (χ4n) is 1.94. The second kappa shape index (κ2) is 5.85. The Morgan fingerprint density at radius 3 is 2.63 bits per heavy atom. The molecule has 3 heteroatoms. The molecule has 0 aliphatic heterocycles. The van der Waals surface area contributed by atoms with Crippen LogP contribution in [-0.4, -0.2) is 0 Å². The number of aryl methyl sites for hydroxylation is 1. The Balaban J connectivity index is 2.37. The lowest BCUT2D eigenvalue weighted by molar-refractivity contribution is 0.432. The summed E-state index contributed by atoms with van der Waals surface area (Å²) in [5.74, 6) is 0.453. The molecule has 0 amide bonds. The number of hydrogen-bond acceptors (Lipinski definition) is 2. The van der Waals surface area contributed by atoms with E-state index < -0.39 is 5.82 Å². The average molecular weight is 259 g/mol. The summed E-state index contributed by atoms with van der Waals surface area (Å²) in [4.78, 5) is 0. The van der Waals surface area contributed by atoms with Crippen molar-refractivity contribution in [2.75, 3.05) is 0 Å². The fraction of sp³-hybridized carbons (Fsp3) is 0.250. The van der Waals surface area contributed by atoms with Gasteiger partial charge in [-0.3, -0.25) is 0 Å². The van der Waals surface area contributed by atoms with E-state index in [0.29, 0.717) is 11.3 Å². The van der Waals surface area contributed by atoms with Crippen molar-refractivity contribution in [3.63, 3.8) is 0 Å². The number of rotatable bonds is 4. The quantitative estimate of drug-likeness (QED) is 0.893. The van der Waals surface area contributed by atoms with Crippen molar-refractivity contribution in [2.45, 2.75) is 26.3 Å². The van der Waals surface area contributed by atoms with Crippen molar-refractivity contribution in [3.05, 3.63) is 59.4 Å². The van der Waals surface area contributed by atoms with Gasteiger partial charge in [-0.2, -0.15) is 0 Å². The van der Waals surface area contributed by atoms with Gasteiger partial charge in [0.15, 0.2) is 11.6 Å². The molecular formula is C16H18FNO. The first-order valence-electron chi connectivity index (χ1n) is 6.42. The van der Waals surface area contributed by atoms with E-state index in [9.17, 15) is 4.39 Å². The summed E-state index contributed by atoms with van der Waals surface area (Å²) in [6.45, 7) is 3.87. The number of benzene rings is 2. The second-order valence-electron chi connectivity index (χ2n) is 4.55. The Morgan fingerprint density at radius 2 is 1.95 bits per heavy atom. The maximum absolute atomic E-state index is 13.9. The molecule has 0 bridgehead atoms. The van der Waals surface area contributed by atoms with Gasteiger partial charge in [0.25, 0.3) is 0 Å². The molecule has 0 saturated heterocycles. The number of para-hydroxylation sites is 1. The molecule has 100 valence electrons. The van der Waals surface area contributed by atoms with Gasteiger partial charge in [-0.15, -0.1) is 0 Å². The number of ether oxygens (including phenoxy) is 1. The van der Waals surface area contributed by atoms with Crippen LogP contribution in [0.1, 0.15) is 31.0 Å². The first-order valence-corrected chi connectivity index (χ1v) is 6.42. The Hall–Kier alpha value is -1.87. The fourth-order valence-corrected chi connectivity index (χ4v) is 1.94. The summed E-state index contributed by atoms with van der Waals surface area (Å²) in [5.41, 5.74) is 7.66. The molecule has 2 aromatic rings. The van der Waals surface area contributed by atoms with Crippen LogP contribution in [0.5, 0.6) is 11.5 Å². The van der Waals surface area contributed by atoms with Crippen LogP contribution < -0.4 is 10.5 Å². The summed E-state index contributed by atoms with van der Waals surface area (Å²) >= 11 is 0. The number of nitrogens with two attached hydrogens (primary N) is 1. The molecule has 0 radical (unpaired) electrons. The molecule has 0 spiro atoms. The molecule has 2 rings (SSSR count). The Bertz CT molecular complexity index is 566. The molecule has 0 heterocycles. The van der Waals surface area contributed by atoms with Crippen LogP contribution in [0.4, 0.5) is 4.39 Å². The molecule has 0 unspecified atom stereocenters. The molecule has 0 aliphatic carbocycles. The van der Waals surface area contributed by atoms with Crippen LogP contribution >= 0.6 is 0 Å². The zero-order valence-corrected chi connectivity index (χ0v) is 11.2. The molecule has 19 heavy (non-hydrogen) atoms. The molecule has 0 aromatic heterocycles. The van der Waals surface area contributed by atoms with E-state index in [-0.39, 0.29) is 11.8 Å². The molecule has 0 aliphatic rings. The Morgan fingerprint density at radius 1 is 1.21 bits per heavy atom. The third-order valence-corrected chi connectivity index (χ3v) is 3.01. The molecule has 2 N–H and O–H groups in total. The van der Waals surface area contributed by atoms with E-state index in [1.807, 2.05) is 31.2 Å². The van der Waals surface area contributed by atoms with Crippen LogP contribution in [-0.2, 0) is 6.42 Å². The van der Waals surface area contributed by atoms with Gasteiger partial charge >= 0.3 is 0 Å². The van der Waals surface area contributed by atoms with Gasteiger partial charge in [0.05, 0.1) is 0 Å². The van der Waals surface area contributed by atoms with E-state index in [0.717, 1.165) is 12.0 Å². The van der Waals surface area contributed by atoms with Crippen molar-refractivity contribution in [3.8, 4) is 11.5 Å². The van der Waals surface area contributed by atoms with Crippen molar-refractivity contribution in [1.82, 2.24) is 0 Å². The van der Waals surface area contributed by atoms with Gasteiger partial charge < -0.3 is 10.5 Å². The molecular weight excluding hydrogens is 241 g/mol. The first-order chi connectivity index (χ1) is 9.11. The lowest BCUT2D eigenvalue weighted by Gasteiger charge is -2.14. The average Bonchev–Trinajstić information content (AvgIpc) is 2.41. The predicted octanol–water partition coefficient (Wildman–Crippen LogP) is 4.20. The summed E-state index contributed by atoms with van der Waals surface area (Å²) in [5, 5.41) is 0. The minimum Gasteiger partial charge on any atom is -0.454 e. The Labute approximate surface area is 113 Å². The summed E-state index contributed by atoms with van der Waals surface area (Å²) in [6, 6.07) is 12.2. The highest BCUT2D eigenvalue weighted by atomic mass is 19.1. The van der Waals surface area contributed by atoms with Crippen molar-refractivity contribution >= 4 is 0 Å². The lowest BCUT2D eigenvalue weighted by Crippen LogP contribution is -2.07. The van der Waals surface area contributed by atoms with Crippen molar-refractivity contribution in [2.24, 2.45) is 5.73 Å². The van der Waals surface area contributed by atoms with E-state index in [4.69, 9.17) is 10.5 Å². The van der Waals surface area contributed by atoms with Gasteiger partial charge in [0.2, 0.25) is 0 Å².